The van der Waals surface area contributed by atoms with E-state index in [4.69, 9.17) is 16.3 Å². The van der Waals surface area contributed by atoms with E-state index in [9.17, 15) is 5.11 Å². The minimum absolute atomic E-state index is 0. The monoisotopic (exact) mass is 279 g/mol. The molecule has 0 amide bonds. The molecular formula is C12H19Cl2NO2. The van der Waals surface area contributed by atoms with Gasteiger partial charge in [0, 0.05) is 11.6 Å². The van der Waals surface area contributed by atoms with E-state index in [1.54, 1.807) is 12.1 Å². The average Bonchev–Trinajstić information content (AvgIpc) is 2.25. The highest BCUT2D eigenvalue weighted by Crippen LogP contribution is 2.16. The summed E-state index contributed by atoms with van der Waals surface area (Å²) in [6.45, 7) is 1.79. The van der Waals surface area contributed by atoms with E-state index in [1.165, 1.54) is 0 Å². The van der Waals surface area contributed by atoms with Crippen molar-refractivity contribution in [1.29, 1.82) is 0 Å². The molecule has 0 saturated heterocycles. The van der Waals surface area contributed by atoms with Gasteiger partial charge < -0.3 is 14.7 Å². The summed E-state index contributed by atoms with van der Waals surface area (Å²) in [6.07, 6.45) is -0.584. The summed E-state index contributed by atoms with van der Waals surface area (Å²) in [5, 5.41) is 10.5. The summed E-state index contributed by atoms with van der Waals surface area (Å²) in [5.74, 6) is 0. The smallest absolute Gasteiger partial charge is 0.102 e. The third kappa shape index (κ3) is 6.86. The first kappa shape index (κ1) is 16.7. The second-order valence-electron chi connectivity index (χ2n) is 3.95. The van der Waals surface area contributed by atoms with Gasteiger partial charge in [-0.2, -0.15) is 0 Å². The molecule has 1 atom stereocenters. The molecule has 0 bridgehead atoms. The van der Waals surface area contributed by atoms with E-state index >= 15 is 0 Å². The maximum Gasteiger partial charge on any atom is 0.102 e. The predicted molar refractivity (Wildman–Crippen MR) is 73.0 cm³/mol. The van der Waals surface area contributed by atoms with Crippen LogP contribution in [0.3, 0.4) is 0 Å². The molecular weight excluding hydrogens is 261 g/mol. The maximum absolute atomic E-state index is 9.79. The summed E-state index contributed by atoms with van der Waals surface area (Å²) >= 11 is 5.76. The number of aliphatic hydroxyl groups excluding tert-OH is 1. The van der Waals surface area contributed by atoms with Crippen molar-refractivity contribution in [3.63, 3.8) is 0 Å². The Balaban J connectivity index is 0.00000256. The lowest BCUT2D eigenvalue weighted by atomic mass is 10.1. The number of hydrogen-bond acceptors (Lipinski definition) is 3. The topological polar surface area (TPSA) is 32.7 Å². The van der Waals surface area contributed by atoms with Gasteiger partial charge in [-0.1, -0.05) is 23.7 Å². The first-order chi connectivity index (χ1) is 7.59. The first-order valence-corrected chi connectivity index (χ1v) is 5.63. The molecule has 0 heterocycles. The zero-order valence-electron chi connectivity index (χ0n) is 10.1. The lowest BCUT2D eigenvalue weighted by Crippen LogP contribution is -2.19. The molecule has 1 unspecified atom stereocenters. The second-order valence-corrected chi connectivity index (χ2v) is 4.38. The van der Waals surface area contributed by atoms with Crippen LogP contribution in [0.5, 0.6) is 0 Å². The Labute approximate surface area is 114 Å². The zero-order chi connectivity index (χ0) is 12.0. The molecule has 0 saturated carbocycles. The van der Waals surface area contributed by atoms with Gasteiger partial charge in [0.1, 0.15) is 6.10 Å². The average molecular weight is 280 g/mol. The van der Waals surface area contributed by atoms with Crippen LogP contribution in [0.4, 0.5) is 0 Å². The number of ether oxygens (including phenoxy) is 1. The largest absolute Gasteiger partial charge is 0.386 e. The van der Waals surface area contributed by atoms with Crippen molar-refractivity contribution in [2.45, 2.75) is 6.10 Å². The van der Waals surface area contributed by atoms with Gasteiger partial charge in [0.25, 0.3) is 0 Å². The summed E-state index contributed by atoms with van der Waals surface area (Å²) in [5.41, 5.74) is 0.828. The molecule has 0 fully saturated rings. The fourth-order valence-corrected chi connectivity index (χ4v) is 1.35. The summed E-state index contributed by atoms with van der Waals surface area (Å²) < 4.78 is 5.37. The number of halogens is 2. The molecule has 0 aliphatic carbocycles. The van der Waals surface area contributed by atoms with Crippen LogP contribution in [-0.4, -0.2) is 43.9 Å². The number of benzene rings is 1. The molecule has 98 valence electrons. The Morgan fingerprint density at radius 1 is 1.29 bits per heavy atom. The number of likely N-dealkylation sites (N-methyl/N-ethyl adjacent to an activating group) is 1. The number of rotatable bonds is 6. The van der Waals surface area contributed by atoms with Crippen molar-refractivity contribution in [2.24, 2.45) is 0 Å². The van der Waals surface area contributed by atoms with Crippen molar-refractivity contribution in [3.8, 4) is 0 Å². The van der Waals surface area contributed by atoms with Gasteiger partial charge in [-0.05, 0) is 31.8 Å². The molecule has 0 radical (unpaired) electrons. The van der Waals surface area contributed by atoms with Gasteiger partial charge in [-0.3, -0.25) is 0 Å². The van der Waals surface area contributed by atoms with Crippen LogP contribution in [0.1, 0.15) is 11.7 Å². The van der Waals surface area contributed by atoms with E-state index < -0.39 is 6.10 Å². The lowest BCUT2D eigenvalue weighted by molar-refractivity contribution is 0.0306. The van der Waals surface area contributed by atoms with E-state index in [0.29, 0.717) is 18.2 Å². The standard InChI is InChI=1S/C12H18ClNO2.ClH/c1-14(2)7-8-16-9-12(15)10-3-5-11(13)6-4-10;/h3-6,12,15H,7-9H2,1-2H3;1H. The predicted octanol–water partition coefficient (Wildman–Crippen LogP) is 2.37. The summed E-state index contributed by atoms with van der Waals surface area (Å²) in [6, 6.07) is 7.14. The van der Waals surface area contributed by atoms with Crippen LogP contribution in [0.15, 0.2) is 24.3 Å². The van der Waals surface area contributed by atoms with E-state index in [0.717, 1.165) is 12.1 Å². The van der Waals surface area contributed by atoms with E-state index in [1.807, 2.05) is 31.1 Å². The Morgan fingerprint density at radius 3 is 2.41 bits per heavy atom. The molecule has 3 nitrogen and oxygen atoms in total. The Hall–Kier alpha value is -0.320. The minimum atomic E-state index is -0.584. The number of nitrogens with zero attached hydrogens (tertiary/aromatic N) is 1. The Bertz CT molecular complexity index is 304. The third-order valence-corrected chi connectivity index (χ3v) is 2.47. The van der Waals surface area contributed by atoms with Gasteiger partial charge in [0.2, 0.25) is 0 Å². The van der Waals surface area contributed by atoms with Gasteiger partial charge in [0.05, 0.1) is 13.2 Å². The van der Waals surface area contributed by atoms with Gasteiger partial charge in [0.15, 0.2) is 0 Å². The molecule has 17 heavy (non-hydrogen) atoms. The van der Waals surface area contributed by atoms with Crippen LogP contribution in [0.2, 0.25) is 5.02 Å². The molecule has 0 aliphatic heterocycles. The normalized spacial score (nSPS) is 12.3. The Kier molecular flexibility index (Phi) is 8.56. The van der Waals surface area contributed by atoms with Crippen molar-refractivity contribution in [2.75, 3.05) is 33.9 Å². The molecule has 0 aromatic heterocycles. The van der Waals surface area contributed by atoms with Crippen LogP contribution in [0, 0.1) is 0 Å². The van der Waals surface area contributed by atoms with Crippen molar-refractivity contribution in [3.05, 3.63) is 34.9 Å². The highest BCUT2D eigenvalue weighted by molar-refractivity contribution is 6.30. The Morgan fingerprint density at radius 2 is 1.88 bits per heavy atom. The molecule has 0 aliphatic rings. The van der Waals surface area contributed by atoms with E-state index in [2.05, 4.69) is 0 Å². The molecule has 1 rings (SSSR count). The van der Waals surface area contributed by atoms with Crippen LogP contribution < -0.4 is 0 Å². The molecule has 1 aromatic carbocycles. The minimum Gasteiger partial charge on any atom is -0.386 e. The SMILES string of the molecule is CN(C)CCOCC(O)c1ccc(Cl)cc1.Cl. The molecule has 5 heteroatoms. The van der Waals surface area contributed by atoms with Crippen molar-refractivity contribution < 1.29 is 9.84 Å². The first-order valence-electron chi connectivity index (χ1n) is 5.25. The quantitative estimate of drug-likeness (QED) is 0.812. The highest BCUT2D eigenvalue weighted by Gasteiger charge is 2.07. The van der Waals surface area contributed by atoms with Crippen LogP contribution in [-0.2, 0) is 4.74 Å². The molecule has 0 spiro atoms. The number of hydrogen-bond donors (Lipinski definition) is 1. The van der Waals surface area contributed by atoms with Gasteiger partial charge >= 0.3 is 0 Å². The summed E-state index contributed by atoms with van der Waals surface area (Å²) in [4.78, 5) is 2.04. The third-order valence-electron chi connectivity index (χ3n) is 2.21. The molecule has 1 aromatic rings. The molecule has 1 N–H and O–H groups in total. The maximum atomic E-state index is 9.79. The van der Waals surface area contributed by atoms with Crippen molar-refractivity contribution in [1.82, 2.24) is 4.90 Å². The fourth-order valence-electron chi connectivity index (χ4n) is 1.22. The lowest BCUT2D eigenvalue weighted by Gasteiger charge is -2.13. The summed E-state index contributed by atoms with van der Waals surface area (Å²) in [7, 11) is 3.97. The van der Waals surface area contributed by atoms with Gasteiger partial charge in [-0.25, -0.2) is 0 Å². The number of aliphatic hydroxyl groups is 1. The second kappa shape index (κ2) is 8.72. The zero-order valence-corrected chi connectivity index (χ0v) is 11.7. The highest BCUT2D eigenvalue weighted by atomic mass is 35.5. The fraction of sp³-hybridized carbons (Fsp3) is 0.500. The van der Waals surface area contributed by atoms with Crippen molar-refractivity contribution >= 4 is 24.0 Å². The van der Waals surface area contributed by atoms with Crippen LogP contribution >= 0.6 is 24.0 Å². The van der Waals surface area contributed by atoms with Crippen LogP contribution in [0.25, 0.3) is 0 Å². The van der Waals surface area contributed by atoms with E-state index in [-0.39, 0.29) is 12.4 Å². The van der Waals surface area contributed by atoms with Gasteiger partial charge in [-0.15, -0.1) is 12.4 Å².